The molecule has 0 spiro atoms. The summed E-state index contributed by atoms with van der Waals surface area (Å²) in [7, 11) is 0. The summed E-state index contributed by atoms with van der Waals surface area (Å²) >= 11 is 0. The Kier molecular flexibility index (Phi) is 5.88. The van der Waals surface area contributed by atoms with Crippen molar-refractivity contribution in [2.24, 2.45) is 23.7 Å². The third-order valence-electron chi connectivity index (χ3n) is 7.02. The average Bonchev–Trinajstić information content (AvgIpc) is 3.49. The standard InChI is InChI=1S/C27H26N2O6/c1-3-34-21-10-5-4-9-20(21)28-22(30)14-35-27(33)16-7-6-8-18(12-16)29-25(31)23-17-11-15(2)19(13-17)24(23)26(29)32/h4-12,17,19,23-24H,3,13-14H2,1-2H3,(H,28,30)/t17-,19+,23+,24-/m0/s1. The van der Waals surface area contributed by atoms with Crippen molar-refractivity contribution in [2.75, 3.05) is 23.4 Å². The van der Waals surface area contributed by atoms with E-state index < -0.39 is 18.5 Å². The van der Waals surface area contributed by atoms with Gasteiger partial charge in [0, 0.05) is 0 Å². The van der Waals surface area contributed by atoms with Crippen molar-refractivity contribution in [3.63, 3.8) is 0 Å². The van der Waals surface area contributed by atoms with E-state index in [2.05, 4.69) is 11.4 Å². The molecule has 1 saturated heterocycles. The molecule has 3 amide bonds. The predicted octanol–water partition coefficient (Wildman–Crippen LogP) is 3.58. The van der Waals surface area contributed by atoms with Crippen LogP contribution in [0.15, 0.2) is 60.2 Å². The molecule has 0 aromatic heterocycles. The molecular weight excluding hydrogens is 448 g/mol. The van der Waals surface area contributed by atoms with Gasteiger partial charge >= 0.3 is 5.97 Å². The molecule has 0 unspecified atom stereocenters. The van der Waals surface area contributed by atoms with Crippen LogP contribution in [0.4, 0.5) is 11.4 Å². The number of nitrogens with zero attached hydrogens (tertiary/aromatic N) is 1. The highest BCUT2D eigenvalue weighted by atomic mass is 16.5. The number of anilines is 2. The zero-order valence-corrected chi connectivity index (χ0v) is 19.5. The summed E-state index contributed by atoms with van der Waals surface area (Å²) in [5.74, 6) is -1.57. The fourth-order valence-corrected chi connectivity index (χ4v) is 5.55. The average molecular weight is 475 g/mol. The van der Waals surface area contributed by atoms with E-state index in [1.165, 1.54) is 22.6 Å². The fourth-order valence-electron chi connectivity index (χ4n) is 5.55. The van der Waals surface area contributed by atoms with Gasteiger partial charge in [-0.05, 0) is 62.4 Å². The number of allylic oxidation sites excluding steroid dienone is 2. The number of nitrogens with one attached hydrogen (secondary N) is 1. The van der Waals surface area contributed by atoms with Crippen molar-refractivity contribution < 1.29 is 28.7 Å². The summed E-state index contributed by atoms with van der Waals surface area (Å²) < 4.78 is 10.7. The van der Waals surface area contributed by atoms with Crippen LogP contribution in [0.2, 0.25) is 0 Å². The molecule has 1 heterocycles. The molecule has 3 aliphatic rings. The quantitative estimate of drug-likeness (QED) is 0.374. The van der Waals surface area contributed by atoms with Crippen molar-refractivity contribution >= 4 is 35.1 Å². The van der Waals surface area contributed by atoms with Crippen LogP contribution in [0.1, 0.15) is 30.6 Å². The molecule has 2 bridgehead atoms. The summed E-state index contributed by atoms with van der Waals surface area (Å²) in [5, 5.41) is 2.67. The Bertz CT molecular complexity index is 1250. The lowest BCUT2D eigenvalue weighted by Gasteiger charge is -2.19. The van der Waals surface area contributed by atoms with E-state index in [-0.39, 0.29) is 41.0 Å². The van der Waals surface area contributed by atoms with Gasteiger partial charge in [0.15, 0.2) is 6.61 Å². The zero-order chi connectivity index (χ0) is 24.7. The number of amides is 3. The molecule has 2 fully saturated rings. The highest BCUT2D eigenvalue weighted by Crippen LogP contribution is 2.55. The second-order valence-electron chi connectivity index (χ2n) is 9.08. The number of para-hydroxylation sites is 2. The molecule has 2 aliphatic carbocycles. The Morgan fingerprint density at radius 3 is 2.63 bits per heavy atom. The number of benzene rings is 2. The van der Waals surface area contributed by atoms with Crippen molar-refractivity contribution in [3.8, 4) is 5.75 Å². The van der Waals surface area contributed by atoms with Gasteiger partial charge in [-0.25, -0.2) is 9.69 Å². The Labute approximate surface area is 202 Å². The molecule has 8 heteroatoms. The Balaban J connectivity index is 1.24. The monoisotopic (exact) mass is 474 g/mol. The van der Waals surface area contributed by atoms with Gasteiger partial charge in [0.25, 0.3) is 5.91 Å². The topological polar surface area (TPSA) is 102 Å². The number of esters is 1. The number of rotatable bonds is 7. The first-order chi connectivity index (χ1) is 16.9. The van der Waals surface area contributed by atoms with Gasteiger partial charge < -0.3 is 14.8 Å². The van der Waals surface area contributed by atoms with Crippen LogP contribution in [0.3, 0.4) is 0 Å². The second kappa shape index (κ2) is 9.02. The highest BCUT2D eigenvalue weighted by Gasteiger charge is 2.60. The van der Waals surface area contributed by atoms with Gasteiger partial charge in [-0.3, -0.25) is 14.4 Å². The van der Waals surface area contributed by atoms with Crippen LogP contribution >= 0.6 is 0 Å². The summed E-state index contributed by atoms with van der Waals surface area (Å²) in [5.41, 5.74) is 2.15. The second-order valence-corrected chi connectivity index (χ2v) is 9.08. The Hall–Kier alpha value is -3.94. The molecule has 2 aromatic carbocycles. The first-order valence-corrected chi connectivity index (χ1v) is 11.7. The minimum absolute atomic E-state index is 0.103. The third kappa shape index (κ3) is 3.99. The van der Waals surface area contributed by atoms with Gasteiger partial charge in [-0.15, -0.1) is 0 Å². The maximum Gasteiger partial charge on any atom is 0.338 e. The summed E-state index contributed by atoms with van der Waals surface area (Å²) in [6.07, 6.45) is 2.97. The van der Waals surface area contributed by atoms with Gasteiger partial charge in [-0.2, -0.15) is 0 Å². The lowest BCUT2D eigenvalue weighted by atomic mass is 9.82. The van der Waals surface area contributed by atoms with Crippen LogP contribution in [-0.4, -0.2) is 36.9 Å². The van der Waals surface area contributed by atoms with E-state index in [0.717, 1.165) is 6.42 Å². The van der Waals surface area contributed by atoms with E-state index in [4.69, 9.17) is 9.47 Å². The molecule has 0 radical (unpaired) electrons. The van der Waals surface area contributed by atoms with E-state index in [1.54, 1.807) is 36.4 Å². The lowest BCUT2D eigenvalue weighted by Crippen LogP contribution is -2.33. The number of imide groups is 1. The van der Waals surface area contributed by atoms with Gasteiger partial charge in [-0.1, -0.05) is 29.8 Å². The molecule has 1 aliphatic heterocycles. The molecule has 8 nitrogen and oxygen atoms in total. The smallest absolute Gasteiger partial charge is 0.338 e. The van der Waals surface area contributed by atoms with Crippen LogP contribution in [-0.2, 0) is 19.1 Å². The van der Waals surface area contributed by atoms with Crippen molar-refractivity contribution in [1.29, 1.82) is 0 Å². The van der Waals surface area contributed by atoms with Crippen molar-refractivity contribution in [3.05, 3.63) is 65.7 Å². The Morgan fingerprint density at radius 1 is 1.06 bits per heavy atom. The minimum Gasteiger partial charge on any atom is -0.492 e. The summed E-state index contributed by atoms with van der Waals surface area (Å²) in [6.45, 7) is 3.80. The van der Waals surface area contributed by atoms with E-state index in [0.29, 0.717) is 23.7 Å². The SMILES string of the molecule is CCOc1ccccc1NC(=O)COC(=O)c1cccc(N2C(=O)[C@@H]3[C@H](C2=O)[C@H]2C=C(C)[C@H]3C2)c1. The molecule has 2 aromatic rings. The highest BCUT2D eigenvalue weighted by molar-refractivity contribution is 6.23. The molecule has 35 heavy (non-hydrogen) atoms. The largest absolute Gasteiger partial charge is 0.492 e. The van der Waals surface area contributed by atoms with E-state index in [9.17, 15) is 19.2 Å². The molecule has 1 saturated carbocycles. The number of carbonyl (C=O) groups is 4. The molecular formula is C27H26N2O6. The summed E-state index contributed by atoms with van der Waals surface area (Å²) in [6, 6.07) is 13.2. The third-order valence-corrected chi connectivity index (χ3v) is 7.02. The number of ether oxygens (including phenoxy) is 2. The van der Waals surface area contributed by atoms with Crippen molar-refractivity contribution in [1.82, 2.24) is 0 Å². The van der Waals surface area contributed by atoms with E-state index in [1.807, 2.05) is 13.8 Å². The molecule has 1 N–H and O–H groups in total. The van der Waals surface area contributed by atoms with Crippen LogP contribution in [0.25, 0.3) is 0 Å². The van der Waals surface area contributed by atoms with Crippen molar-refractivity contribution in [2.45, 2.75) is 20.3 Å². The number of fused-ring (bicyclic) bond motifs is 5. The maximum atomic E-state index is 13.2. The van der Waals surface area contributed by atoms with E-state index >= 15 is 0 Å². The van der Waals surface area contributed by atoms with Gasteiger partial charge in [0.05, 0.1) is 35.4 Å². The zero-order valence-electron chi connectivity index (χ0n) is 19.5. The van der Waals surface area contributed by atoms with Gasteiger partial charge in [0.2, 0.25) is 11.8 Å². The number of carbonyl (C=O) groups excluding carboxylic acids is 4. The van der Waals surface area contributed by atoms with Crippen LogP contribution < -0.4 is 15.0 Å². The van der Waals surface area contributed by atoms with Crippen LogP contribution in [0, 0.1) is 23.7 Å². The maximum absolute atomic E-state index is 13.2. The normalized spacial score (nSPS) is 24.3. The number of hydrogen-bond donors (Lipinski definition) is 1. The molecule has 4 atom stereocenters. The summed E-state index contributed by atoms with van der Waals surface area (Å²) in [4.78, 5) is 52.5. The fraction of sp³-hybridized carbons (Fsp3) is 0.333. The van der Waals surface area contributed by atoms with Gasteiger partial charge in [0.1, 0.15) is 5.75 Å². The first kappa shape index (κ1) is 22.8. The first-order valence-electron chi connectivity index (χ1n) is 11.7. The molecule has 5 rings (SSSR count). The Morgan fingerprint density at radius 2 is 1.83 bits per heavy atom. The molecule has 180 valence electrons. The lowest BCUT2D eigenvalue weighted by molar-refractivity contribution is -0.123. The van der Waals surface area contributed by atoms with Crippen LogP contribution in [0.5, 0.6) is 5.75 Å². The number of hydrogen-bond acceptors (Lipinski definition) is 6. The minimum atomic E-state index is -0.725. The predicted molar refractivity (Wildman–Crippen MR) is 128 cm³/mol.